The number of nitrogens with zero attached hydrogens (tertiary/aromatic N) is 3. The van der Waals surface area contributed by atoms with Crippen LogP contribution in [0.2, 0.25) is 0 Å². The SMILES string of the molecule is Cc1cnc2c(c1)nc(C(C)Cl)n2C1CC1C. The van der Waals surface area contributed by atoms with Crippen molar-refractivity contribution in [1.82, 2.24) is 14.5 Å². The molecule has 0 amide bonds. The summed E-state index contributed by atoms with van der Waals surface area (Å²) in [5.41, 5.74) is 3.08. The molecule has 0 N–H and O–H groups in total. The van der Waals surface area contributed by atoms with Crippen molar-refractivity contribution in [2.24, 2.45) is 5.92 Å². The molecule has 0 bridgehead atoms. The molecule has 17 heavy (non-hydrogen) atoms. The number of pyridine rings is 1. The van der Waals surface area contributed by atoms with E-state index in [0.717, 1.165) is 22.6 Å². The monoisotopic (exact) mass is 249 g/mol. The average molecular weight is 250 g/mol. The number of fused-ring (bicyclic) bond motifs is 1. The van der Waals surface area contributed by atoms with Crippen LogP contribution in [0.4, 0.5) is 0 Å². The molecule has 1 saturated carbocycles. The molecule has 2 heterocycles. The van der Waals surface area contributed by atoms with Gasteiger partial charge in [0, 0.05) is 12.2 Å². The van der Waals surface area contributed by atoms with Crippen molar-refractivity contribution in [3.8, 4) is 0 Å². The molecule has 1 aliphatic rings. The van der Waals surface area contributed by atoms with Gasteiger partial charge < -0.3 is 4.57 Å². The first-order valence-electron chi connectivity index (χ1n) is 6.06. The van der Waals surface area contributed by atoms with Gasteiger partial charge in [-0.25, -0.2) is 9.97 Å². The van der Waals surface area contributed by atoms with Gasteiger partial charge in [-0.1, -0.05) is 6.92 Å². The Morgan fingerprint density at radius 2 is 2.24 bits per heavy atom. The summed E-state index contributed by atoms with van der Waals surface area (Å²) in [6.45, 7) is 6.27. The zero-order valence-corrected chi connectivity index (χ0v) is 11.1. The van der Waals surface area contributed by atoms with Gasteiger partial charge in [0.2, 0.25) is 0 Å². The summed E-state index contributed by atoms with van der Waals surface area (Å²) in [7, 11) is 0. The van der Waals surface area contributed by atoms with Gasteiger partial charge in [0.1, 0.15) is 11.3 Å². The summed E-state index contributed by atoms with van der Waals surface area (Å²) >= 11 is 6.23. The van der Waals surface area contributed by atoms with Gasteiger partial charge in [0.15, 0.2) is 5.65 Å². The largest absolute Gasteiger partial charge is 0.308 e. The van der Waals surface area contributed by atoms with Crippen molar-refractivity contribution in [1.29, 1.82) is 0 Å². The average Bonchev–Trinajstić information content (AvgIpc) is 2.86. The van der Waals surface area contributed by atoms with Crippen molar-refractivity contribution in [3.05, 3.63) is 23.7 Å². The molecule has 3 rings (SSSR count). The Hall–Kier alpha value is -1.09. The first kappa shape index (κ1) is 11.0. The van der Waals surface area contributed by atoms with E-state index in [1.165, 1.54) is 6.42 Å². The second-order valence-corrected chi connectivity index (χ2v) is 5.75. The van der Waals surface area contributed by atoms with Crippen molar-refractivity contribution >= 4 is 22.8 Å². The van der Waals surface area contributed by atoms with Crippen LogP contribution in [0.1, 0.15) is 43.1 Å². The van der Waals surface area contributed by atoms with Gasteiger partial charge in [0.05, 0.1) is 5.38 Å². The molecule has 0 aliphatic heterocycles. The maximum Gasteiger partial charge on any atom is 0.160 e. The zero-order valence-electron chi connectivity index (χ0n) is 10.3. The highest BCUT2D eigenvalue weighted by atomic mass is 35.5. The lowest BCUT2D eigenvalue weighted by Gasteiger charge is -2.08. The van der Waals surface area contributed by atoms with Crippen LogP contribution < -0.4 is 0 Å². The fourth-order valence-electron chi connectivity index (χ4n) is 2.37. The fraction of sp³-hybridized carbons (Fsp3) is 0.538. The van der Waals surface area contributed by atoms with E-state index < -0.39 is 0 Å². The smallest absolute Gasteiger partial charge is 0.160 e. The summed E-state index contributed by atoms with van der Waals surface area (Å²) in [6, 6.07) is 2.61. The summed E-state index contributed by atoms with van der Waals surface area (Å²) in [5.74, 6) is 1.67. The molecular weight excluding hydrogens is 234 g/mol. The van der Waals surface area contributed by atoms with Crippen LogP contribution in [-0.2, 0) is 0 Å². The predicted molar refractivity (Wildman–Crippen MR) is 69.4 cm³/mol. The normalized spacial score (nSPS) is 25.2. The van der Waals surface area contributed by atoms with Crippen molar-refractivity contribution < 1.29 is 0 Å². The lowest BCUT2D eigenvalue weighted by molar-refractivity contribution is 0.654. The molecule has 3 atom stereocenters. The number of aromatic nitrogens is 3. The lowest BCUT2D eigenvalue weighted by Crippen LogP contribution is -2.04. The Morgan fingerprint density at radius 3 is 2.82 bits per heavy atom. The van der Waals surface area contributed by atoms with E-state index in [1.54, 1.807) is 0 Å². The third-order valence-electron chi connectivity index (χ3n) is 3.45. The molecular formula is C13H16ClN3. The minimum Gasteiger partial charge on any atom is -0.308 e. The maximum absolute atomic E-state index is 6.23. The van der Waals surface area contributed by atoms with Gasteiger partial charge in [0.25, 0.3) is 0 Å². The molecule has 0 radical (unpaired) electrons. The third-order valence-corrected chi connectivity index (χ3v) is 3.64. The van der Waals surface area contributed by atoms with Crippen LogP contribution in [0.3, 0.4) is 0 Å². The summed E-state index contributed by atoms with van der Waals surface area (Å²) in [6.07, 6.45) is 3.11. The summed E-state index contributed by atoms with van der Waals surface area (Å²) in [5, 5.41) is -0.0719. The third kappa shape index (κ3) is 1.73. The number of rotatable bonds is 2. The van der Waals surface area contributed by atoms with Crippen LogP contribution in [-0.4, -0.2) is 14.5 Å². The number of hydrogen-bond acceptors (Lipinski definition) is 2. The number of halogens is 1. The molecule has 1 aliphatic carbocycles. The quantitative estimate of drug-likeness (QED) is 0.761. The molecule has 1 fully saturated rings. The first-order chi connectivity index (χ1) is 8.08. The van der Waals surface area contributed by atoms with Gasteiger partial charge in [-0.3, -0.25) is 0 Å². The topological polar surface area (TPSA) is 30.7 Å². The van der Waals surface area contributed by atoms with E-state index in [-0.39, 0.29) is 5.38 Å². The molecule has 0 aromatic carbocycles. The van der Waals surface area contributed by atoms with Crippen LogP contribution >= 0.6 is 11.6 Å². The van der Waals surface area contributed by atoms with E-state index in [1.807, 2.05) is 20.0 Å². The van der Waals surface area contributed by atoms with E-state index in [9.17, 15) is 0 Å². The number of aryl methyl sites for hydroxylation is 1. The van der Waals surface area contributed by atoms with E-state index >= 15 is 0 Å². The van der Waals surface area contributed by atoms with Gasteiger partial charge >= 0.3 is 0 Å². The Balaban J connectivity index is 2.24. The van der Waals surface area contributed by atoms with E-state index in [0.29, 0.717) is 12.0 Å². The van der Waals surface area contributed by atoms with E-state index in [2.05, 4.69) is 27.5 Å². The Labute approximate surface area is 106 Å². The molecule has 0 saturated heterocycles. The predicted octanol–water partition coefficient (Wildman–Crippen LogP) is 3.62. The van der Waals surface area contributed by atoms with Crippen molar-refractivity contribution in [2.75, 3.05) is 0 Å². The summed E-state index contributed by atoms with van der Waals surface area (Å²) < 4.78 is 2.23. The van der Waals surface area contributed by atoms with E-state index in [4.69, 9.17) is 11.6 Å². The maximum atomic E-state index is 6.23. The molecule has 2 aromatic rings. The number of alkyl halides is 1. The molecule has 4 heteroatoms. The lowest BCUT2D eigenvalue weighted by atomic mass is 10.3. The first-order valence-corrected chi connectivity index (χ1v) is 6.50. The molecule has 2 aromatic heterocycles. The van der Waals surface area contributed by atoms with Crippen LogP contribution in [0, 0.1) is 12.8 Å². The zero-order chi connectivity index (χ0) is 12.2. The Morgan fingerprint density at radius 1 is 1.53 bits per heavy atom. The minimum absolute atomic E-state index is 0.0719. The van der Waals surface area contributed by atoms with Crippen molar-refractivity contribution in [3.63, 3.8) is 0 Å². The van der Waals surface area contributed by atoms with Gasteiger partial charge in [-0.15, -0.1) is 11.6 Å². The minimum atomic E-state index is -0.0719. The van der Waals surface area contributed by atoms with Crippen molar-refractivity contribution in [2.45, 2.75) is 38.6 Å². The fourth-order valence-corrected chi connectivity index (χ4v) is 2.52. The highest BCUT2D eigenvalue weighted by Gasteiger charge is 2.38. The van der Waals surface area contributed by atoms with Gasteiger partial charge in [-0.2, -0.15) is 0 Å². The second-order valence-electron chi connectivity index (χ2n) is 5.09. The number of imidazole rings is 1. The second kappa shape index (κ2) is 3.70. The Kier molecular flexibility index (Phi) is 2.40. The molecule has 3 nitrogen and oxygen atoms in total. The highest BCUT2D eigenvalue weighted by molar-refractivity contribution is 6.20. The van der Waals surface area contributed by atoms with Crippen LogP contribution in [0.15, 0.2) is 12.3 Å². The van der Waals surface area contributed by atoms with Crippen LogP contribution in [0.5, 0.6) is 0 Å². The highest BCUT2D eigenvalue weighted by Crippen LogP contribution is 2.46. The standard InChI is InChI=1S/C13H16ClN3/c1-7-4-10-13(15-6-7)17(11-5-8(11)2)12(16-10)9(3)14/h4,6,8-9,11H,5H2,1-3H3. The molecule has 3 unspecified atom stereocenters. The number of hydrogen-bond donors (Lipinski definition) is 0. The Bertz CT molecular complexity index is 573. The molecule has 0 spiro atoms. The van der Waals surface area contributed by atoms with Crippen LogP contribution in [0.25, 0.3) is 11.2 Å². The van der Waals surface area contributed by atoms with Gasteiger partial charge in [-0.05, 0) is 37.8 Å². The summed E-state index contributed by atoms with van der Waals surface area (Å²) in [4.78, 5) is 9.16. The molecule has 90 valence electrons.